The van der Waals surface area contributed by atoms with Crippen molar-refractivity contribution in [1.82, 2.24) is 5.48 Å². The van der Waals surface area contributed by atoms with Gasteiger partial charge in [0, 0.05) is 18.6 Å². The Labute approximate surface area is 116 Å². The molecule has 2 aliphatic rings. The fourth-order valence-electron chi connectivity index (χ4n) is 2.97. The molecule has 20 heavy (non-hydrogen) atoms. The summed E-state index contributed by atoms with van der Waals surface area (Å²) < 4.78 is 30.4. The maximum Gasteiger partial charge on any atom is 0.146 e. The quantitative estimate of drug-likeness (QED) is 0.841. The van der Waals surface area contributed by atoms with Crippen LogP contribution < -0.4 is 5.48 Å². The third-order valence-corrected chi connectivity index (χ3v) is 3.97. The Balaban J connectivity index is 1.92. The molecular formula is C14H18FNO4. The minimum Gasteiger partial charge on any atom is -0.376 e. The predicted octanol–water partition coefficient (Wildman–Crippen LogP) is 1.19. The number of halogens is 1. The molecule has 0 bridgehead atoms. The summed E-state index contributed by atoms with van der Waals surface area (Å²) in [5, 5.41) is 0. The summed E-state index contributed by atoms with van der Waals surface area (Å²) in [5.41, 5.74) is 2.79. The smallest absolute Gasteiger partial charge is 0.146 e. The fourth-order valence-corrected chi connectivity index (χ4v) is 2.97. The zero-order valence-corrected chi connectivity index (χ0v) is 11.3. The predicted molar refractivity (Wildman–Crippen MR) is 68.2 cm³/mol. The highest BCUT2D eigenvalue weighted by Crippen LogP contribution is 2.41. The van der Waals surface area contributed by atoms with Gasteiger partial charge in [0.2, 0.25) is 0 Å². The molecule has 3 rings (SSSR count). The molecule has 0 saturated carbocycles. The highest BCUT2D eigenvalue weighted by molar-refractivity contribution is 5.29. The van der Waals surface area contributed by atoms with Crippen molar-refractivity contribution >= 4 is 0 Å². The van der Waals surface area contributed by atoms with Gasteiger partial charge in [0.05, 0.1) is 25.9 Å². The largest absolute Gasteiger partial charge is 0.376 e. The Hall–Kier alpha value is -1.05. The zero-order chi connectivity index (χ0) is 14.0. The van der Waals surface area contributed by atoms with Crippen LogP contribution in [0, 0.1) is 11.7 Å². The monoisotopic (exact) mass is 283 g/mol. The summed E-state index contributed by atoms with van der Waals surface area (Å²) >= 11 is 0. The molecule has 0 spiro atoms. The van der Waals surface area contributed by atoms with Gasteiger partial charge < -0.3 is 19.0 Å². The summed E-state index contributed by atoms with van der Waals surface area (Å²) in [4.78, 5) is 5.40. The number of methoxy groups -OCH3 is 1. The van der Waals surface area contributed by atoms with Gasteiger partial charge in [-0.1, -0.05) is 18.2 Å². The number of rotatable bonds is 4. The van der Waals surface area contributed by atoms with Gasteiger partial charge in [0.25, 0.3) is 0 Å². The molecule has 0 aliphatic carbocycles. The van der Waals surface area contributed by atoms with Gasteiger partial charge in [0.15, 0.2) is 0 Å². The molecule has 1 unspecified atom stereocenters. The number of hydroxylamine groups is 1. The number of ether oxygens (including phenoxy) is 3. The fraction of sp³-hybridized carbons (Fsp3) is 0.571. The molecule has 1 aromatic carbocycles. The van der Waals surface area contributed by atoms with Crippen molar-refractivity contribution in [2.24, 2.45) is 5.92 Å². The Morgan fingerprint density at radius 3 is 3.05 bits per heavy atom. The average molecular weight is 283 g/mol. The van der Waals surface area contributed by atoms with Crippen LogP contribution in [0.15, 0.2) is 24.3 Å². The second kappa shape index (κ2) is 5.75. The van der Waals surface area contributed by atoms with Crippen LogP contribution in [0.4, 0.5) is 4.39 Å². The van der Waals surface area contributed by atoms with Crippen LogP contribution in [0.1, 0.15) is 5.56 Å². The number of hydrogen-bond acceptors (Lipinski definition) is 5. The van der Waals surface area contributed by atoms with Crippen molar-refractivity contribution in [3.8, 4) is 0 Å². The van der Waals surface area contributed by atoms with Crippen molar-refractivity contribution in [1.29, 1.82) is 0 Å². The number of nitrogens with one attached hydrogen (secondary N) is 1. The van der Waals surface area contributed by atoms with E-state index in [2.05, 4.69) is 5.48 Å². The third kappa shape index (κ3) is 2.23. The van der Waals surface area contributed by atoms with Crippen LogP contribution in [-0.4, -0.2) is 39.8 Å². The minimum atomic E-state index is -0.706. The summed E-state index contributed by atoms with van der Waals surface area (Å²) in [6, 6.07) is 6.68. The Bertz CT molecular complexity index is 472. The lowest BCUT2D eigenvalue weighted by molar-refractivity contribution is -0.158. The maximum atomic E-state index is 14.2. The lowest BCUT2D eigenvalue weighted by Crippen LogP contribution is -2.56. The van der Waals surface area contributed by atoms with E-state index in [1.807, 2.05) is 6.07 Å². The van der Waals surface area contributed by atoms with E-state index in [4.69, 9.17) is 19.0 Å². The minimum absolute atomic E-state index is 0.0247. The van der Waals surface area contributed by atoms with Crippen LogP contribution >= 0.6 is 0 Å². The molecule has 0 aromatic heterocycles. The molecular weight excluding hydrogens is 265 g/mol. The van der Waals surface area contributed by atoms with Crippen molar-refractivity contribution in [3.05, 3.63) is 35.6 Å². The first-order chi connectivity index (χ1) is 9.78. The lowest BCUT2D eigenvalue weighted by Gasteiger charge is -2.41. The molecule has 3 atom stereocenters. The molecule has 6 heteroatoms. The molecule has 2 aliphatic heterocycles. The first-order valence-corrected chi connectivity index (χ1v) is 6.60. The van der Waals surface area contributed by atoms with E-state index in [1.165, 1.54) is 6.07 Å². The second-order valence-corrected chi connectivity index (χ2v) is 5.10. The normalized spacial score (nSPS) is 33.1. The summed E-state index contributed by atoms with van der Waals surface area (Å²) in [6.45, 7) is 1.44. The van der Waals surface area contributed by atoms with Gasteiger partial charge in [-0.25, -0.2) is 4.39 Å². The topological polar surface area (TPSA) is 49.0 Å². The Kier molecular flexibility index (Phi) is 4.00. The van der Waals surface area contributed by atoms with E-state index in [0.717, 1.165) is 0 Å². The zero-order valence-electron chi connectivity index (χ0n) is 11.3. The van der Waals surface area contributed by atoms with Gasteiger partial charge in [-0.2, -0.15) is 5.48 Å². The van der Waals surface area contributed by atoms with E-state index >= 15 is 0 Å². The first-order valence-electron chi connectivity index (χ1n) is 6.60. The van der Waals surface area contributed by atoms with E-state index in [9.17, 15) is 4.39 Å². The summed E-state index contributed by atoms with van der Waals surface area (Å²) in [5.74, 6) is -0.296. The average Bonchev–Trinajstić information content (AvgIpc) is 2.91. The van der Waals surface area contributed by atoms with E-state index in [0.29, 0.717) is 25.4 Å². The summed E-state index contributed by atoms with van der Waals surface area (Å²) in [7, 11) is 1.57. The third-order valence-electron chi connectivity index (χ3n) is 3.97. The lowest BCUT2D eigenvalue weighted by atomic mass is 9.76. The Morgan fingerprint density at radius 2 is 2.25 bits per heavy atom. The van der Waals surface area contributed by atoms with Crippen LogP contribution in [0.25, 0.3) is 0 Å². The molecule has 0 radical (unpaired) electrons. The van der Waals surface area contributed by atoms with Crippen LogP contribution in [0.5, 0.6) is 0 Å². The highest BCUT2D eigenvalue weighted by atomic mass is 19.1. The van der Waals surface area contributed by atoms with Crippen LogP contribution in [-0.2, 0) is 24.6 Å². The van der Waals surface area contributed by atoms with Crippen molar-refractivity contribution in [2.75, 3.05) is 33.7 Å². The van der Waals surface area contributed by atoms with Gasteiger partial charge >= 0.3 is 0 Å². The van der Waals surface area contributed by atoms with Gasteiger partial charge in [0.1, 0.15) is 18.1 Å². The summed E-state index contributed by atoms with van der Waals surface area (Å²) in [6.07, 6.45) is -0.196. The SMILES string of the molecule is COCO[C@H]1COC[C@]2(c3ccccc3F)NOCC12. The van der Waals surface area contributed by atoms with Crippen molar-refractivity contribution in [2.45, 2.75) is 11.6 Å². The van der Waals surface area contributed by atoms with Crippen LogP contribution in [0.3, 0.4) is 0 Å². The first kappa shape index (κ1) is 13.9. The highest BCUT2D eigenvalue weighted by Gasteiger charge is 2.53. The molecule has 2 saturated heterocycles. The Morgan fingerprint density at radius 1 is 1.40 bits per heavy atom. The van der Waals surface area contributed by atoms with Crippen molar-refractivity contribution in [3.63, 3.8) is 0 Å². The van der Waals surface area contributed by atoms with E-state index in [1.54, 1.807) is 19.2 Å². The van der Waals surface area contributed by atoms with Gasteiger partial charge in [-0.3, -0.25) is 0 Å². The number of hydrogen-bond donors (Lipinski definition) is 1. The van der Waals surface area contributed by atoms with E-state index < -0.39 is 5.54 Å². The molecule has 110 valence electrons. The molecule has 5 nitrogen and oxygen atoms in total. The van der Waals surface area contributed by atoms with Gasteiger partial charge in [-0.05, 0) is 6.07 Å². The number of benzene rings is 1. The molecule has 0 amide bonds. The molecule has 1 aromatic rings. The maximum absolute atomic E-state index is 14.2. The molecule has 2 fully saturated rings. The second-order valence-electron chi connectivity index (χ2n) is 5.10. The van der Waals surface area contributed by atoms with E-state index in [-0.39, 0.29) is 24.6 Å². The number of fused-ring (bicyclic) bond motifs is 1. The van der Waals surface area contributed by atoms with Gasteiger partial charge in [-0.15, -0.1) is 0 Å². The van der Waals surface area contributed by atoms with Crippen molar-refractivity contribution < 1.29 is 23.4 Å². The standard InChI is InChI=1S/C14H18FNO4/c1-17-9-19-13-7-18-8-14(11(13)6-20-16-14)10-4-2-3-5-12(10)15/h2-5,11,13,16H,6-9H2,1H3/t11?,13-,14+/m0/s1. The molecule has 2 heterocycles. The van der Waals surface area contributed by atoms with Crippen LogP contribution in [0.2, 0.25) is 0 Å². The molecule has 1 N–H and O–H groups in total.